The summed E-state index contributed by atoms with van der Waals surface area (Å²) >= 11 is 5.42. The predicted octanol–water partition coefficient (Wildman–Crippen LogP) is 2.04. The van der Waals surface area contributed by atoms with E-state index in [2.05, 4.69) is 0 Å². The van der Waals surface area contributed by atoms with Crippen molar-refractivity contribution in [2.24, 2.45) is 5.73 Å². The topological polar surface area (TPSA) is 69.1 Å². The Labute approximate surface area is 87.8 Å². The highest BCUT2D eigenvalue weighted by Crippen LogP contribution is 2.39. The van der Waals surface area contributed by atoms with Crippen LogP contribution >= 0.6 is 11.6 Å². The first-order chi connectivity index (χ1) is 6.75. The lowest BCUT2D eigenvalue weighted by Crippen LogP contribution is -2.20. The Morgan fingerprint density at radius 2 is 1.87 bits per heavy atom. The average Bonchev–Trinajstić information content (AvgIpc) is 2.06. The molecule has 0 spiro atoms. The van der Waals surface area contributed by atoms with Crippen molar-refractivity contribution < 1.29 is 18.0 Å². The Morgan fingerprint density at radius 3 is 2.27 bits per heavy atom. The molecule has 0 fully saturated rings. The van der Waals surface area contributed by atoms with Crippen LogP contribution in [0.15, 0.2) is 12.1 Å². The summed E-state index contributed by atoms with van der Waals surface area (Å²) in [7, 11) is 0. The normalized spacial score (nSPS) is 11.5. The van der Waals surface area contributed by atoms with Gasteiger partial charge in [0.05, 0.1) is 21.8 Å². The van der Waals surface area contributed by atoms with E-state index in [9.17, 15) is 18.0 Å². The van der Waals surface area contributed by atoms with Crippen LogP contribution in [0.4, 0.5) is 18.9 Å². The second-order valence-corrected chi connectivity index (χ2v) is 3.15. The zero-order valence-electron chi connectivity index (χ0n) is 7.23. The summed E-state index contributed by atoms with van der Waals surface area (Å²) < 4.78 is 37.5. The van der Waals surface area contributed by atoms with Crippen molar-refractivity contribution >= 4 is 23.2 Å². The van der Waals surface area contributed by atoms with E-state index in [-0.39, 0.29) is 5.02 Å². The third-order valence-corrected chi connectivity index (χ3v) is 2.07. The largest absolute Gasteiger partial charge is 0.419 e. The molecule has 15 heavy (non-hydrogen) atoms. The SMILES string of the molecule is NC(=O)c1ccc(Cl)c(N)c1C(F)(F)F. The van der Waals surface area contributed by atoms with Gasteiger partial charge in [-0.25, -0.2) is 0 Å². The van der Waals surface area contributed by atoms with Crippen molar-refractivity contribution in [2.75, 3.05) is 5.73 Å². The first-order valence-corrected chi connectivity index (χ1v) is 4.08. The van der Waals surface area contributed by atoms with Crippen LogP contribution in [0.1, 0.15) is 15.9 Å². The summed E-state index contributed by atoms with van der Waals surface area (Å²) in [6.07, 6.45) is -4.76. The number of nitrogen functional groups attached to an aromatic ring is 1. The molecule has 0 aliphatic heterocycles. The number of carbonyl (C=O) groups excluding carboxylic acids is 1. The minimum absolute atomic E-state index is 0.271. The van der Waals surface area contributed by atoms with Gasteiger partial charge in [-0.15, -0.1) is 0 Å². The molecule has 1 amide bonds. The fourth-order valence-electron chi connectivity index (χ4n) is 1.10. The van der Waals surface area contributed by atoms with Crippen LogP contribution in [0.3, 0.4) is 0 Å². The van der Waals surface area contributed by atoms with Crippen molar-refractivity contribution in [3.8, 4) is 0 Å². The number of halogens is 4. The van der Waals surface area contributed by atoms with E-state index in [0.29, 0.717) is 0 Å². The number of anilines is 1. The highest BCUT2D eigenvalue weighted by atomic mass is 35.5. The van der Waals surface area contributed by atoms with Crippen molar-refractivity contribution in [3.63, 3.8) is 0 Å². The maximum Gasteiger partial charge on any atom is 0.419 e. The first-order valence-electron chi connectivity index (χ1n) is 3.70. The van der Waals surface area contributed by atoms with Crippen LogP contribution in [0, 0.1) is 0 Å². The molecule has 1 aromatic rings. The summed E-state index contributed by atoms with van der Waals surface area (Å²) in [6.45, 7) is 0. The number of alkyl halides is 3. The van der Waals surface area contributed by atoms with Gasteiger partial charge in [0, 0.05) is 0 Å². The van der Waals surface area contributed by atoms with Gasteiger partial charge in [-0.1, -0.05) is 11.6 Å². The molecule has 7 heteroatoms. The zero-order valence-corrected chi connectivity index (χ0v) is 7.99. The minimum Gasteiger partial charge on any atom is -0.397 e. The van der Waals surface area contributed by atoms with Crippen LogP contribution in [0.5, 0.6) is 0 Å². The molecule has 0 radical (unpaired) electrons. The van der Waals surface area contributed by atoms with E-state index < -0.39 is 28.9 Å². The van der Waals surface area contributed by atoms with Crippen LogP contribution in [-0.4, -0.2) is 5.91 Å². The Kier molecular flexibility index (Phi) is 2.81. The molecule has 0 saturated heterocycles. The second-order valence-electron chi connectivity index (χ2n) is 2.75. The average molecular weight is 239 g/mol. The third-order valence-electron chi connectivity index (χ3n) is 1.74. The molecule has 0 aliphatic carbocycles. The molecule has 0 aromatic heterocycles. The van der Waals surface area contributed by atoms with Crippen LogP contribution in [0.2, 0.25) is 5.02 Å². The summed E-state index contributed by atoms with van der Waals surface area (Å²) in [6, 6.07) is 1.98. The number of rotatable bonds is 1. The maximum absolute atomic E-state index is 12.5. The number of primary amides is 1. The molecule has 0 aliphatic rings. The van der Waals surface area contributed by atoms with Crippen molar-refractivity contribution in [1.82, 2.24) is 0 Å². The molecule has 3 nitrogen and oxygen atoms in total. The van der Waals surface area contributed by atoms with Gasteiger partial charge in [-0.2, -0.15) is 13.2 Å². The number of carbonyl (C=O) groups is 1. The molecule has 0 heterocycles. The van der Waals surface area contributed by atoms with E-state index in [1.54, 1.807) is 0 Å². The fraction of sp³-hybridized carbons (Fsp3) is 0.125. The number of hydrogen-bond donors (Lipinski definition) is 2. The van der Waals surface area contributed by atoms with Gasteiger partial charge in [-0.3, -0.25) is 4.79 Å². The van der Waals surface area contributed by atoms with E-state index in [0.717, 1.165) is 12.1 Å². The van der Waals surface area contributed by atoms with Gasteiger partial charge in [-0.05, 0) is 12.1 Å². The van der Waals surface area contributed by atoms with E-state index in [1.807, 2.05) is 0 Å². The number of amides is 1. The lowest BCUT2D eigenvalue weighted by molar-refractivity contribution is -0.137. The van der Waals surface area contributed by atoms with Crippen LogP contribution < -0.4 is 11.5 Å². The molecule has 0 atom stereocenters. The van der Waals surface area contributed by atoms with E-state index in [4.69, 9.17) is 23.1 Å². The van der Waals surface area contributed by atoms with E-state index >= 15 is 0 Å². The molecule has 1 rings (SSSR count). The molecule has 1 aromatic carbocycles. The Morgan fingerprint density at radius 1 is 1.33 bits per heavy atom. The molecule has 0 unspecified atom stereocenters. The molecular weight excluding hydrogens is 233 g/mol. The smallest absolute Gasteiger partial charge is 0.397 e. The highest BCUT2D eigenvalue weighted by Gasteiger charge is 2.37. The van der Waals surface area contributed by atoms with Crippen LogP contribution in [0.25, 0.3) is 0 Å². The lowest BCUT2D eigenvalue weighted by atomic mass is 10.0. The Hall–Kier alpha value is -1.43. The zero-order chi connectivity index (χ0) is 11.8. The molecular formula is C8H6ClF3N2O. The summed E-state index contributed by atoms with van der Waals surface area (Å²) in [5.41, 5.74) is 7.27. The van der Waals surface area contributed by atoms with Crippen LogP contribution in [-0.2, 0) is 6.18 Å². The quantitative estimate of drug-likeness (QED) is 0.735. The maximum atomic E-state index is 12.5. The Bertz CT molecular complexity index is 417. The van der Waals surface area contributed by atoms with E-state index in [1.165, 1.54) is 0 Å². The highest BCUT2D eigenvalue weighted by molar-refractivity contribution is 6.33. The van der Waals surface area contributed by atoms with Gasteiger partial charge in [0.15, 0.2) is 0 Å². The molecule has 0 saturated carbocycles. The monoisotopic (exact) mass is 238 g/mol. The second kappa shape index (κ2) is 3.62. The van der Waals surface area contributed by atoms with Gasteiger partial charge in [0.1, 0.15) is 0 Å². The standard InChI is InChI=1S/C8H6ClF3N2O/c9-4-2-1-3(7(14)15)5(6(4)13)8(10,11)12/h1-2H,13H2,(H2,14,15). The summed E-state index contributed by atoms with van der Waals surface area (Å²) in [5.74, 6) is -1.20. The first kappa shape index (κ1) is 11.6. The van der Waals surface area contributed by atoms with Gasteiger partial charge < -0.3 is 11.5 Å². The minimum atomic E-state index is -4.76. The van der Waals surface area contributed by atoms with Gasteiger partial charge >= 0.3 is 6.18 Å². The fourth-order valence-corrected chi connectivity index (χ4v) is 1.26. The number of benzene rings is 1. The molecule has 0 bridgehead atoms. The molecule has 4 N–H and O–H groups in total. The van der Waals surface area contributed by atoms with Crippen molar-refractivity contribution in [2.45, 2.75) is 6.18 Å². The predicted molar refractivity (Wildman–Crippen MR) is 49.4 cm³/mol. The van der Waals surface area contributed by atoms with Crippen molar-refractivity contribution in [1.29, 1.82) is 0 Å². The summed E-state index contributed by atoms with van der Waals surface area (Å²) in [4.78, 5) is 10.8. The van der Waals surface area contributed by atoms with Gasteiger partial charge in [0.25, 0.3) is 0 Å². The summed E-state index contributed by atoms with van der Waals surface area (Å²) in [5, 5.41) is -0.271. The number of hydrogen-bond acceptors (Lipinski definition) is 2. The third kappa shape index (κ3) is 2.15. The molecule has 82 valence electrons. The van der Waals surface area contributed by atoms with Crippen molar-refractivity contribution in [3.05, 3.63) is 28.3 Å². The number of nitrogens with two attached hydrogens (primary N) is 2. The van der Waals surface area contributed by atoms with Gasteiger partial charge in [0.2, 0.25) is 5.91 Å². The lowest BCUT2D eigenvalue weighted by Gasteiger charge is -2.14. The Balaban J connectivity index is 3.57.